The molecule has 0 radical (unpaired) electrons. The Labute approximate surface area is 230 Å². The Morgan fingerprint density at radius 2 is 1.37 bits per heavy atom. The predicted molar refractivity (Wildman–Crippen MR) is 160 cm³/mol. The van der Waals surface area contributed by atoms with Gasteiger partial charge < -0.3 is 5.11 Å². The van der Waals surface area contributed by atoms with E-state index < -0.39 is 5.60 Å². The Bertz CT molecular complexity index is 1200. The maximum Gasteiger partial charge on any atom is 0.0862 e. The fourth-order valence-corrected chi connectivity index (χ4v) is 5.50. The van der Waals surface area contributed by atoms with Gasteiger partial charge in [0.05, 0.1) is 19.3 Å². The molecule has 0 heterocycles. The summed E-state index contributed by atoms with van der Waals surface area (Å²) in [5.41, 5.74) is 9.37. The standard InChI is InChI=1S/C35H46O3/c1-8-34(36,9-2)22-20-29-16-17-31(24-26(29)5)35(10-3,11-4)32-18-19-33(27(6)25-32)30-14-12-28(13-15-30)21-23-38-37-7/h12-20,22,24-25,36H,8-11,21,23H2,1-7H3/b22-20+. The minimum atomic E-state index is -0.736. The molecule has 3 nitrogen and oxygen atoms in total. The SMILES string of the molecule is CCC(O)(/C=C/c1ccc(C(CC)(CC)c2ccc(-c3ccc(CCOOC)cc3)c(C)c2)cc1C)CC. The van der Waals surface area contributed by atoms with Crippen LogP contribution in [0.5, 0.6) is 0 Å². The van der Waals surface area contributed by atoms with Crippen molar-refractivity contribution in [2.45, 2.75) is 84.7 Å². The molecule has 3 rings (SSSR count). The monoisotopic (exact) mass is 514 g/mol. The largest absolute Gasteiger partial charge is 0.386 e. The molecule has 3 aromatic carbocycles. The van der Waals surface area contributed by atoms with E-state index in [0.717, 1.165) is 32.1 Å². The first-order valence-electron chi connectivity index (χ1n) is 14.1. The molecule has 0 spiro atoms. The fraction of sp³-hybridized carbons (Fsp3) is 0.429. The zero-order valence-electron chi connectivity index (χ0n) is 24.4. The second kappa shape index (κ2) is 13.4. The molecule has 3 heteroatoms. The van der Waals surface area contributed by atoms with Gasteiger partial charge in [-0.15, -0.1) is 0 Å². The summed E-state index contributed by atoms with van der Waals surface area (Å²) in [6, 6.07) is 22.6. The first kappa shape index (κ1) is 29.8. The van der Waals surface area contributed by atoms with E-state index in [1.807, 2.05) is 19.9 Å². The van der Waals surface area contributed by atoms with E-state index in [1.54, 1.807) is 0 Å². The molecule has 0 aromatic heterocycles. The smallest absolute Gasteiger partial charge is 0.0862 e. The fourth-order valence-electron chi connectivity index (χ4n) is 5.50. The third-order valence-electron chi connectivity index (χ3n) is 8.46. The van der Waals surface area contributed by atoms with Crippen molar-refractivity contribution < 1.29 is 14.9 Å². The van der Waals surface area contributed by atoms with Gasteiger partial charge in [-0.05, 0) is 90.5 Å². The number of aryl methyl sites for hydroxylation is 2. The highest BCUT2D eigenvalue weighted by Gasteiger charge is 2.31. The Kier molecular flexibility index (Phi) is 10.5. The number of rotatable bonds is 13. The van der Waals surface area contributed by atoms with Crippen LogP contribution in [-0.4, -0.2) is 24.4 Å². The summed E-state index contributed by atoms with van der Waals surface area (Å²) in [6.07, 6.45) is 8.36. The highest BCUT2D eigenvalue weighted by atomic mass is 17.2. The highest BCUT2D eigenvalue weighted by molar-refractivity contribution is 5.68. The van der Waals surface area contributed by atoms with Gasteiger partial charge in [0.15, 0.2) is 0 Å². The number of hydrogen-bond acceptors (Lipinski definition) is 3. The van der Waals surface area contributed by atoms with Gasteiger partial charge in [-0.2, -0.15) is 0 Å². The predicted octanol–water partition coefficient (Wildman–Crippen LogP) is 8.76. The summed E-state index contributed by atoms with van der Waals surface area (Å²) in [6.45, 7) is 13.6. The van der Waals surface area contributed by atoms with Gasteiger partial charge >= 0.3 is 0 Å². The molecule has 0 atom stereocenters. The third-order valence-corrected chi connectivity index (χ3v) is 8.46. The number of benzene rings is 3. The second-order valence-corrected chi connectivity index (χ2v) is 10.5. The quantitative estimate of drug-likeness (QED) is 0.141. The van der Waals surface area contributed by atoms with E-state index in [0.29, 0.717) is 6.61 Å². The summed E-state index contributed by atoms with van der Waals surface area (Å²) >= 11 is 0. The average Bonchev–Trinajstić information content (AvgIpc) is 2.94. The molecule has 0 unspecified atom stereocenters. The van der Waals surface area contributed by atoms with Crippen LogP contribution in [-0.2, 0) is 21.6 Å². The molecule has 0 aliphatic heterocycles. The van der Waals surface area contributed by atoms with Crippen LogP contribution in [0.3, 0.4) is 0 Å². The molecule has 38 heavy (non-hydrogen) atoms. The maximum atomic E-state index is 10.7. The maximum absolute atomic E-state index is 10.7. The molecule has 3 aromatic rings. The van der Waals surface area contributed by atoms with Crippen molar-refractivity contribution in [1.82, 2.24) is 0 Å². The normalized spacial score (nSPS) is 12.4. The highest BCUT2D eigenvalue weighted by Crippen LogP contribution is 2.41. The van der Waals surface area contributed by atoms with Gasteiger partial charge in [0.25, 0.3) is 0 Å². The van der Waals surface area contributed by atoms with E-state index in [-0.39, 0.29) is 5.41 Å². The Hall–Kier alpha value is -2.72. The van der Waals surface area contributed by atoms with E-state index >= 15 is 0 Å². The second-order valence-electron chi connectivity index (χ2n) is 10.5. The van der Waals surface area contributed by atoms with Crippen LogP contribution in [0.1, 0.15) is 86.8 Å². The van der Waals surface area contributed by atoms with Crippen molar-refractivity contribution in [2.75, 3.05) is 13.7 Å². The van der Waals surface area contributed by atoms with Crippen LogP contribution < -0.4 is 0 Å². The Morgan fingerprint density at radius 3 is 1.89 bits per heavy atom. The van der Waals surface area contributed by atoms with Crippen molar-refractivity contribution in [3.05, 3.63) is 100 Å². The topological polar surface area (TPSA) is 38.7 Å². The van der Waals surface area contributed by atoms with Gasteiger partial charge in [-0.3, -0.25) is 0 Å². The number of hydrogen-bond donors (Lipinski definition) is 1. The number of aliphatic hydroxyl groups is 1. The van der Waals surface area contributed by atoms with Crippen LogP contribution in [0.15, 0.2) is 66.7 Å². The molecule has 1 N–H and O–H groups in total. The molecule has 204 valence electrons. The summed E-state index contributed by atoms with van der Waals surface area (Å²) < 4.78 is 0. The van der Waals surface area contributed by atoms with Crippen LogP contribution >= 0.6 is 0 Å². The lowest BCUT2D eigenvalue weighted by Gasteiger charge is -2.34. The first-order chi connectivity index (χ1) is 18.3. The summed E-state index contributed by atoms with van der Waals surface area (Å²) in [7, 11) is 1.54. The summed E-state index contributed by atoms with van der Waals surface area (Å²) in [5, 5.41) is 10.7. The zero-order chi connectivity index (χ0) is 27.8. The lowest BCUT2D eigenvalue weighted by Crippen LogP contribution is -2.26. The zero-order valence-corrected chi connectivity index (χ0v) is 24.4. The van der Waals surface area contributed by atoms with E-state index in [9.17, 15) is 5.11 Å². The molecule has 0 aliphatic rings. The Balaban J connectivity index is 1.91. The molecule has 0 saturated carbocycles. The average molecular weight is 515 g/mol. The molecule has 0 amide bonds. The third kappa shape index (κ3) is 6.64. The molecular formula is C35H46O3. The van der Waals surface area contributed by atoms with E-state index in [2.05, 4.69) is 94.4 Å². The lowest BCUT2D eigenvalue weighted by atomic mass is 9.69. The Morgan fingerprint density at radius 1 is 0.763 bits per heavy atom. The van der Waals surface area contributed by atoms with Gasteiger partial charge in [0, 0.05) is 5.41 Å². The van der Waals surface area contributed by atoms with Crippen LogP contribution in [0.2, 0.25) is 0 Å². The van der Waals surface area contributed by atoms with Gasteiger partial charge in [0.2, 0.25) is 0 Å². The summed E-state index contributed by atoms with van der Waals surface area (Å²) in [5.74, 6) is 0. The van der Waals surface area contributed by atoms with Crippen molar-refractivity contribution >= 4 is 6.08 Å². The molecule has 0 bridgehead atoms. The van der Waals surface area contributed by atoms with Crippen molar-refractivity contribution in [1.29, 1.82) is 0 Å². The minimum absolute atomic E-state index is 0.0466. The van der Waals surface area contributed by atoms with Gasteiger partial charge in [-0.1, -0.05) is 101 Å². The van der Waals surface area contributed by atoms with Gasteiger partial charge in [-0.25, -0.2) is 9.78 Å². The first-order valence-corrected chi connectivity index (χ1v) is 14.1. The minimum Gasteiger partial charge on any atom is -0.386 e. The van der Waals surface area contributed by atoms with E-state index in [1.165, 1.54) is 51.6 Å². The van der Waals surface area contributed by atoms with E-state index in [4.69, 9.17) is 9.78 Å². The van der Waals surface area contributed by atoms with Crippen molar-refractivity contribution in [3.8, 4) is 11.1 Å². The van der Waals surface area contributed by atoms with Crippen molar-refractivity contribution in [2.24, 2.45) is 0 Å². The molecule has 0 saturated heterocycles. The molecule has 0 aliphatic carbocycles. The summed E-state index contributed by atoms with van der Waals surface area (Å²) in [4.78, 5) is 9.70. The van der Waals surface area contributed by atoms with Crippen LogP contribution in [0.4, 0.5) is 0 Å². The van der Waals surface area contributed by atoms with Gasteiger partial charge in [0.1, 0.15) is 0 Å². The lowest BCUT2D eigenvalue weighted by molar-refractivity contribution is -0.271. The molecular weight excluding hydrogens is 468 g/mol. The van der Waals surface area contributed by atoms with Crippen LogP contribution in [0, 0.1) is 13.8 Å². The van der Waals surface area contributed by atoms with Crippen molar-refractivity contribution in [3.63, 3.8) is 0 Å². The molecule has 0 fully saturated rings. The van der Waals surface area contributed by atoms with Crippen LogP contribution in [0.25, 0.3) is 17.2 Å².